The Morgan fingerprint density at radius 3 is 2.56 bits per heavy atom. The Kier molecular flexibility index (Phi) is 8.15. The van der Waals surface area contributed by atoms with Crippen molar-refractivity contribution in [1.29, 1.82) is 0 Å². The number of primary amides is 1. The first kappa shape index (κ1) is 15.3. The molecule has 0 aliphatic carbocycles. The highest BCUT2D eigenvalue weighted by atomic mass is 16.5. The fourth-order valence-electron chi connectivity index (χ4n) is 1.04. The SMILES string of the molecule is COCCCOCCNCC(C)(C)C(N)=O. The van der Waals surface area contributed by atoms with Crippen LogP contribution in [0.3, 0.4) is 0 Å². The number of nitrogens with one attached hydrogen (secondary N) is 1. The molecule has 0 atom stereocenters. The molecule has 0 aliphatic rings. The fraction of sp³-hybridized carbons (Fsp3) is 0.909. The van der Waals surface area contributed by atoms with Crippen LogP contribution < -0.4 is 11.1 Å². The summed E-state index contributed by atoms with van der Waals surface area (Å²) in [5.41, 5.74) is 4.74. The van der Waals surface area contributed by atoms with Crippen molar-refractivity contribution in [3.63, 3.8) is 0 Å². The van der Waals surface area contributed by atoms with Gasteiger partial charge in [0, 0.05) is 33.4 Å². The molecule has 0 rings (SSSR count). The third-order valence-corrected chi connectivity index (χ3v) is 2.29. The van der Waals surface area contributed by atoms with Crippen molar-refractivity contribution < 1.29 is 14.3 Å². The largest absolute Gasteiger partial charge is 0.385 e. The minimum Gasteiger partial charge on any atom is -0.385 e. The second kappa shape index (κ2) is 8.50. The third kappa shape index (κ3) is 7.62. The summed E-state index contributed by atoms with van der Waals surface area (Å²) in [6.45, 7) is 7.01. The average Bonchev–Trinajstić information content (AvgIpc) is 2.21. The number of hydrogen-bond donors (Lipinski definition) is 2. The maximum atomic E-state index is 11.0. The lowest BCUT2D eigenvalue weighted by atomic mass is 9.93. The normalized spacial score (nSPS) is 11.7. The molecule has 0 fully saturated rings. The summed E-state index contributed by atoms with van der Waals surface area (Å²) in [5, 5.41) is 3.14. The van der Waals surface area contributed by atoms with Gasteiger partial charge in [-0.2, -0.15) is 0 Å². The van der Waals surface area contributed by atoms with Gasteiger partial charge in [0.1, 0.15) is 0 Å². The molecule has 0 radical (unpaired) electrons. The monoisotopic (exact) mass is 232 g/mol. The van der Waals surface area contributed by atoms with E-state index in [1.807, 2.05) is 13.8 Å². The molecule has 5 heteroatoms. The van der Waals surface area contributed by atoms with Crippen molar-refractivity contribution >= 4 is 5.91 Å². The van der Waals surface area contributed by atoms with Crippen LogP contribution in [0, 0.1) is 5.41 Å². The van der Waals surface area contributed by atoms with Crippen molar-refractivity contribution in [1.82, 2.24) is 5.32 Å². The summed E-state index contributed by atoms with van der Waals surface area (Å²) in [7, 11) is 1.67. The molecule has 0 unspecified atom stereocenters. The number of nitrogens with two attached hydrogens (primary N) is 1. The smallest absolute Gasteiger partial charge is 0.224 e. The number of amides is 1. The van der Waals surface area contributed by atoms with Gasteiger partial charge in [-0.15, -0.1) is 0 Å². The van der Waals surface area contributed by atoms with Crippen molar-refractivity contribution in [3.8, 4) is 0 Å². The molecule has 16 heavy (non-hydrogen) atoms. The quantitative estimate of drug-likeness (QED) is 0.525. The first-order valence-electron chi connectivity index (χ1n) is 5.58. The van der Waals surface area contributed by atoms with Gasteiger partial charge in [0.05, 0.1) is 12.0 Å². The summed E-state index contributed by atoms with van der Waals surface area (Å²) in [6.07, 6.45) is 0.906. The Morgan fingerprint density at radius 1 is 1.31 bits per heavy atom. The molecular weight excluding hydrogens is 208 g/mol. The van der Waals surface area contributed by atoms with Gasteiger partial charge in [0.2, 0.25) is 5.91 Å². The summed E-state index contributed by atoms with van der Waals surface area (Å²) in [6, 6.07) is 0. The molecule has 5 nitrogen and oxygen atoms in total. The molecule has 0 saturated carbocycles. The van der Waals surface area contributed by atoms with Crippen LogP contribution in [0.4, 0.5) is 0 Å². The molecule has 0 bridgehead atoms. The third-order valence-electron chi connectivity index (χ3n) is 2.29. The molecular formula is C11H24N2O3. The second-order valence-corrected chi connectivity index (χ2v) is 4.38. The summed E-state index contributed by atoms with van der Waals surface area (Å²) in [5.74, 6) is -0.291. The van der Waals surface area contributed by atoms with Crippen LogP contribution in [0.2, 0.25) is 0 Å². The number of hydrogen-bond acceptors (Lipinski definition) is 4. The van der Waals surface area contributed by atoms with Crippen molar-refractivity contribution in [3.05, 3.63) is 0 Å². The summed E-state index contributed by atoms with van der Waals surface area (Å²) >= 11 is 0. The highest BCUT2D eigenvalue weighted by Crippen LogP contribution is 2.11. The van der Waals surface area contributed by atoms with Gasteiger partial charge in [0.25, 0.3) is 0 Å². The average molecular weight is 232 g/mol. The topological polar surface area (TPSA) is 73.6 Å². The number of rotatable bonds is 10. The molecule has 0 aromatic heterocycles. The van der Waals surface area contributed by atoms with Crippen LogP contribution in [0.15, 0.2) is 0 Å². The maximum absolute atomic E-state index is 11.0. The highest BCUT2D eigenvalue weighted by Gasteiger charge is 2.23. The van der Waals surface area contributed by atoms with Crippen molar-refractivity contribution in [2.75, 3.05) is 40.0 Å². The van der Waals surface area contributed by atoms with Gasteiger partial charge in [-0.3, -0.25) is 4.79 Å². The van der Waals surface area contributed by atoms with E-state index in [0.717, 1.165) is 19.6 Å². The number of methoxy groups -OCH3 is 1. The fourth-order valence-corrected chi connectivity index (χ4v) is 1.04. The maximum Gasteiger partial charge on any atom is 0.224 e. The molecule has 0 aromatic carbocycles. The molecule has 1 amide bonds. The van der Waals surface area contributed by atoms with E-state index in [2.05, 4.69) is 5.32 Å². The Hall–Kier alpha value is -0.650. The van der Waals surface area contributed by atoms with Crippen LogP contribution in [-0.2, 0) is 14.3 Å². The van der Waals surface area contributed by atoms with E-state index in [9.17, 15) is 4.79 Å². The first-order valence-corrected chi connectivity index (χ1v) is 5.58. The van der Waals surface area contributed by atoms with E-state index in [1.165, 1.54) is 0 Å². The van der Waals surface area contributed by atoms with E-state index >= 15 is 0 Å². The molecule has 96 valence electrons. The molecule has 0 aliphatic heterocycles. The van der Waals surface area contributed by atoms with E-state index in [4.69, 9.17) is 15.2 Å². The Labute approximate surface area is 97.7 Å². The van der Waals surface area contributed by atoms with E-state index in [-0.39, 0.29) is 5.91 Å². The molecule has 0 aromatic rings. The molecule has 0 spiro atoms. The van der Waals surface area contributed by atoms with E-state index < -0.39 is 5.41 Å². The Bertz CT molecular complexity index is 196. The van der Waals surface area contributed by atoms with Crippen LogP contribution in [-0.4, -0.2) is 45.9 Å². The predicted molar refractivity (Wildman–Crippen MR) is 63.2 cm³/mol. The lowest BCUT2D eigenvalue weighted by molar-refractivity contribution is -0.125. The Balaban J connectivity index is 3.30. The first-order chi connectivity index (χ1) is 7.50. The van der Waals surface area contributed by atoms with Gasteiger partial charge >= 0.3 is 0 Å². The van der Waals surface area contributed by atoms with Gasteiger partial charge in [-0.1, -0.05) is 0 Å². The standard InChI is InChI=1S/C11H24N2O3/c1-11(2,10(12)14)9-13-5-8-16-7-4-6-15-3/h13H,4-9H2,1-3H3,(H2,12,14). The second-order valence-electron chi connectivity index (χ2n) is 4.38. The summed E-state index contributed by atoms with van der Waals surface area (Å²) in [4.78, 5) is 11.0. The van der Waals surface area contributed by atoms with Gasteiger partial charge in [-0.25, -0.2) is 0 Å². The van der Waals surface area contributed by atoms with Gasteiger partial charge in [-0.05, 0) is 20.3 Å². The molecule has 0 saturated heterocycles. The highest BCUT2D eigenvalue weighted by molar-refractivity contribution is 5.80. The van der Waals surface area contributed by atoms with E-state index in [0.29, 0.717) is 19.8 Å². The number of carbonyl (C=O) groups is 1. The van der Waals surface area contributed by atoms with E-state index in [1.54, 1.807) is 7.11 Å². The summed E-state index contributed by atoms with van der Waals surface area (Å²) < 4.78 is 10.2. The zero-order chi connectivity index (χ0) is 12.4. The minimum absolute atomic E-state index is 0.291. The Morgan fingerprint density at radius 2 is 2.00 bits per heavy atom. The van der Waals surface area contributed by atoms with Crippen LogP contribution in [0.1, 0.15) is 20.3 Å². The van der Waals surface area contributed by atoms with Crippen molar-refractivity contribution in [2.24, 2.45) is 11.1 Å². The van der Waals surface area contributed by atoms with Crippen LogP contribution in [0.5, 0.6) is 0 Å². The molecule has 3 N–H and O–H groups in total. The zero-order valence-corrected chi connectivity index (χ0v) is 10.5. The predicted octanol–water partition coefficient (Wildman–Crippen LogP) is 0.141. The van der Waals surface area contributed by atoms with Crippen LogP contribution >= 0.6 is 0 Å². The van der Waals surface area contributed by atoms with Gasteiger partial charge < -0.3 is 20.5 Å². The number of carbonyl (C=O) groups excluding carboxylic acids is 1. The lowest BCUT2D eigenvalue weighted by Crippen LogP contribution is -2.41. The molecule has 0 heterocycles. The zero-order valence-electron chi connectivity index (χ0n) is 10.5. The van der Waals surface area contributed by atoms with Crippen LogP contribution in [0.25, 0.3) is 0 Å². The van der Waals surface area contributed by atoms with Gasteiger partial charge in [0.15, 0.2) is 0 Å². The number of ether oxygens (including phenoxy) is 2. The van der Waals surface area contributed by atoms with Crippen molar-refractivity contribution in [2.45, 2.75) is 20.3 Å². The minimum atomic E-state index is -0.504. The lowest BCUT2D eigenvalue weighted by Gasteiger charge is -2.20.